The third-order valence-corrected chi connectivity index (χ3v) is 5.97. The van der Waals surface area contributed by atoms with E-state index in [1.807, 2.05) is 71.2 Å². The molecule has 0 saturated heterocycles. The van der Waals surface area contributed by atoms with Gasteiger partial charge in [-0.15, -0.1) is 0 Å². The number of anilines is 3. The molecule has 0 radical (unpaired) electrons. The number of nitrogens with zero attached hydrogens (tertiary/aromatic N) is 4. The summed E-state index contributed by atoms with van der Waals surface area (Å²) < 4.78 is 7.91. The fraction of sp³-hybridized carbons (Fsp3) is 0.321. The van der Waals surface area contributed by atoms with E-state index >= 15 is 0 Å². The zero-order valence-corrected chi connectivity index (χ0v) is 23.5. The summed E-state index contributed by atoms with van der Waals surface area (Å²) in [7, 11) is 7.85. The van der Waals surface area contributed by atoms with E-state index in [-0.39, 0.29) is 17.8 Å². The lowest BCUT2D eigenvalue weighted by molar-refractivity contribution is -0.111. The highest BCUT2D eigenvalue weighted by Gasteiger charge is 2.18. The third kappa shape index (κ3) is 7.59. The van der Waals surface area contributed by atoms with Crippen molar-refractivity contribution >= 4 is 45.4 Å². The average Bonchev–Trinajstić information content (AvgIpc) is 3.26. The normalized spacial score (nSPS) is 11.6. The molecule has 39 heavy (non-hydrogen) atoms. The summed E-state index contributed by atoms with van der Waals surface area (Å²) in [5, 5.41) is 19.9. The Balaban J connectivity index is 1.98. The summed E-state index contributed by atoms with van der Waals surface area (Å²) in [6.07, 6.45) is 4.48. The van der Waals surface area contributed by atoms with Crippen molar-refractivity contribution < 1.29 is 9.53 Å². The molecule has 208 valence electrons. The Labute approximate surface area is 229 Å². The quantitative estimate of drug-likeness (QED) is 0.0786. The first-order chi connectivity index (χ1) is 18.5. The number of carbonyl (C=O) groups excluding carboxylic acids is 1. The predicted octanol–water partition coefficient (Wildman–Crippen LogP) is 3.38. The van der Waals surface area contributed by atoms with Crippen molar-refractivity contribution in [3.63, 3.8) is 0 Å². The van der Waals surface area contributed by atoms with Crippen LogP contribution in [0.3, 0.4) is 0 Å². The Morgan fingerprint density at radius 1 is 1.18 bits per heavy atom. The van der Waals surface area contributed by atoms with Gasteiger partial charge in [0.2, 0.25) is 5.91 Å². The maximum atomic E-state index is 12.3. The third-order valence-electron chi connectivity index (χ3n) is 5.97. The number of carbonyl (C=O) groups is 1. The molecule has 0 unspecified atom stereocenters. The van der Waals surface area contributed by atoms with Gasteiger partial charge in [0.05, 0.1) is 40.6 Å². The molecule has 0 aliphatic rings. The van der Waals surface area contributed by atoms with E-state index in [2.05, 4.69) is 32.6 Å². The zero-order valence-electron chi connectivity index (χ0n) is 23.5. The predicted molar refractivity (Wildman–Crippen MR) is 160 cm³/mol. The van der Waals surface area contributed by atoms with Crippen molar-refractivity contribution in [2.45, 2.75) is 20.0 Å². The van der Waals surface area contributed by atoms with Gasteiger partial charge in [0.1, 0.15) is 11.6 Å². The summed E-state index contributed by atoms with van der Waals surface area (Å²) in [5.41, 5.74) is 6.90. The lowest BCUT2D eigenvalue weighted by Crippen LogP contribution is -2.29. The molecule has 1 amide bonds. The molecule has 0 spiro atoms. The Kier molecular flexibility index (Phi) is 9.69. The van der Waals surface area contributed by atoms with Crippen LogP contribution in [-0.2, 0) is 11.8 Å². The van der Waals surface area contributed by atoms with Crippen LogP contribution in [0.4, 0.5) is 17.1 Å². The van der Waals surface area contributed by atoms with Crippen molar-refractivity contribution in [2.24, 2.45) is 12.9 Å². The van der Waals surface area contributed by atoms with Gasteiger partial charge in [0.25, 0.3) is 0 Å². The first-order valence-corrected chi connectivity index (χ1v) is 12.6. The number of aromatic nitrogens is 2. The van der Waals surface area contributed by atoms with Gasteiger partial charge in [0, 0.05) is 44.7 Å². The van der Waals surface area contributed by atoms with Crippen LogP contribution in [0, 0.1) is 5.41 Å². The lowest BCUT2D eigenvalue weighted by atomic mass is 10.1. The molecule has 0 aliphatic heterocycles. The van der Waals surface area contributed by atoms with Gasteiger partial charge in [-0.3, -0.25) is 20.7 Å². The maximum Gasteiger partial charge on any atom is 0.247 e. The number of nitrogens with two attached hydrogens (primary N) is 1. The van der Waals surface area contributed by atoms with E-state index in [1.54, 1.807) is 23.0 Å². The highest BCUT2D eigenvalue weighted by Crippen LogP contribution is 2.37. The van der Waals surface area contributed by atoms with Gasteiger partial charge in [0.15, 0.2) is 0 Å². The van der Waals surface area contributed by atoms with Crippen LogP contribution in [0.25, 0.3) is 16.6 Å². The van der Waals surface area contributed by atoms with Crippen molar-refractivity contribution in [1.82, 2.24) is 20.1 Å². The minimum Gasteiger partial charge on any atom is -0.489 e. The Morgan fingerprint density at radius 3 is 2.56 bits per heavy atom. The maximum absolute atomic E-state index is 12.3. The number of rotatable bonds is 12. The number of aryl methyl sites for hydroxylation is 1. The van der Waals surface area contributed by atoms with Gasteiger partial charge in [-0.2, -0.15) is 5.10 Å². The second kappa shape index (κ2) is 12.9. The van der Waals surface area contributed by atoms with E-state index in [9.17, 15) is 4.79 Å². The number of amides is 1. The summed E-state index contributed by atoms with van der Waals surface area (Å²) in [6, 6.07) is 9.45. The molecule has 11 nitrogen and oxygen atoms in total. The Hall–Kier alpha value is -4.35. The molecule has 2 aromatic carbocycles. The standard InChI is InChI=1S/C28H39N9O2/c1-8-28(38)33-22-14-23(26(39-18(2)3)16-25(22)36(6)12-11-35(4)5)32-27(29)15-21(34-30)19-9-10-24-20(13-19)17-31-37(24)7/h8-10,13-18,34H,1,11-12,30H2,2-7H3,(H2,29,32)(H,33,38)/b21-15-. The van der Waals surface area contributed by atoms with Crippen molar-refractivity contribution in [2.75, 3.05) is 49.8 Å². The first-order valence-electron chi connectivity index (χ1n) is 12.6. The molecular weight excluding hydrogens is 494 g/mol. The van der Waals surface area contributed by atoms with Gasteiger partial charge < -0.3 is 30.6 Å². The van der Waals surface area contributed by atoms with Crippen molar-refractivity contribution in [1.29, 1.82) is 5.41 Å². The van der Waals surface area contributed by atoms with Crippen LogP contribution in [0.15, 0.2) is 55.3 Å². The fourth-order valence-electron chi connectivity index (χ4n) is 3.95. The minimum absolute atomic E-state index is 0.0672. The van der Waals surface area contributed by atoms with Gasteiger partial charge >= 0.3 is 0 Å². The number of hydrazine groups is 1. The number of ether oxygens (including phenoxy) is 1. The number of hydrogen-bond acceptors (Lipinski definition) is 8. The van der Waals surface area contributed by atoms with Crippen molar-refractivity contribution in [3.05, 3.63) is 60.8 Å². The fourth-order valence-corrected chi connectivity index (χ4v) is 3.95. The Morgan fingerprint density at radius 2 is 1.92 bits per heavy atom. The highest BCUT2D eigenvalue weighted by molar-refractivity contribution is 6.08. The van der Waals surface area contributed by atoms with Crippen LogP contribution in [-0.4, -0.2) is 66.8 Å². The van der Waals surface area contributed by atoms with Crippen LogP contribution in [0.2, 0.25) is 0 Å². The summed E-state index contributed by atoms with van der Waals surface area (Å²) in [6.45, 7) is 8.98. The summed E-state index contributed by atoms with van der Waals surface area (Å²) in [5.74, 6) is 6.11. The molecule has 1 heterocycles. The molecule has 0 saturated carbocycles. The summed E-state index contributed by atoms with van der Waals surface area (Å²) in [4.78, 5) is 16.4. The number of fused-ring (bicyclic) bond motifs is 1. The van der Waals surface area contributed by atoms with Crippen LogP contribution in [0.5, 0.6) is 5.75 Å². The monoisotopic (exact) mass is 533 g/mol. The van der Waals surface area contributed by atoms with E-state index in [0.29, 0.717) is 22.8 Å². The number of hydrogen-bond donors (Lipinski definition) is 5. The smallest absolute Gasteiger partial charge is 0.247 e. The first kappa shape index (κ1) is 29.2. The molecule has 11 heteroatoms. The second-order valence-electron chi connectivity index (χ2n) is 9.73. The summed E-state index contributed by atoms with van der Waals surface area (Å²) >= 11 is 0. The molecule has 1 aromatic heterocycles. The van der Waals surface area contributed by atoms with Gasteiger partial charge in [-0.05, 0) is 57.8 Å². The van der Waals surface area contributed by atoms with E-state index in [4.69, 9.17) is 16.0 Å². The topological polar surface area (TPSA) is 137 Å². The zero-order chi connectivity index (χ0) is 28.7. The SMILES string of the molecule is C=CC(=O)Nc1cc(NC(=N)/C=C(\NN)c2ccc3c(cnn3C)c2)c(OC(C)C)cc1N(C)CCN(C)C. The lowest BCUT2D eigenvalue weighted by Gasteiger charge is -2.26. The van der Waals surface area contributed by atoms with Crippen LogP contribution < -0.4 is 31.5 Å². The highest BCUT2D eigenvalue weighted by atomic mass is 16.5. The largest absolute Gasteiger partial charge is 0.489 e. The number of benzene rings is 2. The molecule has 3 rings (SSSR count). The Bertz CT molecular complexity index is 1370. The molecule has 0 fully saturated rings. The van der Waals surface area contributed by atoms with Crippen LogP contribution >= 0.6 is 0 Å². The molecule has 3 aromatic rings. The molecule has 0 bridgehead atoms. The number of nitrogens with one attached hydrogen (secondary N) is 4. The molecular formula is C28H39N9O2. The molecule has 6 N–H and O–H groups in total. The average molecular weight is 534 g/mol. The number of likely N-dealkylation sites (N-methyl/N-ethyl adjacent to an activating group) is 2. The second-order valence-corrected chi connectivity index (χ2v) is 9.73. The van der Waals surface area contributed by atoms with E-state index in [0.717, 1.165) is 35.2 Å². The van der Waals surface area contributed by atoms with Crippen molar-refractivity contribution in [3.8, 4) is 5.75 Å². The number of amidine groups is 1. The van der Waals surface area contributed by atoms with Gasteiger partial charge in [-0.1, -0.05) is 12.6 Å². The van der Waals surface area contributed by atoms with E-state index < -0.39 is 0 Å². The minimum atomic E-state index is -0.337. The van der Waals surface area contributed by atoms with Gasteiger partial charge in [-0.25, -0.2) is 0 Å². The van der Waals surface area contributed by atoms with E-state index in [1.165, 1.54) is 6.08 Å². The molecule has 0 atom stereocenters. The molecule has 0 aliphatic carbocycles. The van der Waals surface area contributed by atoms with Crippen LogP contribution in [0.1, 0.15) is 19.4 Å².